The lowest BCUT2D eigenvalue weighted by molar-refractivity contribution is 0.412. The van der Waals surface area contributed by atoms with Crippen LogP contribution in [0.1, 0.15) is 49.4 Å². The van der Waals surface area contributed by atoms with Crippen LogP contribution in [-0.4, -0.2) is 16.8 Å². The third-order valence-corrected chi connectivity index (χ3v) is 3.82. The van der Waals surface area contributed by atoms with Crippen LogP contribution in [-0.2, 0) is 7.05 Å². The summed E-state index contributed by atoms with van der Waals surface area (Å²) >= 11 is 0. The number of aromatic nitrogens is 2. The summed E-state index contributed by atoms with van der Waals surface area (Å²) in [5.41, 5.74) is 2.54. The molecule has 1 aromatic rings. The van der Waals surface area contributed by atoms with Crippen molar-refractivity contribution in [1.29, 1.82) is 0 Å². The van der Waals surface area contributed by atoms with Crippen LogP contribution in [0.15, 0.2) is 6.20 Å². The first-order valence-corrected chi connectivity index (χ1v) is 6.38. The van der Waals surface area contributed by atoms with Crippen molar-refractivity contribution in [2.45, 2.75) is 45.1 Å². The Bertz CT molecular complexity index is 337. The van der Waals surface area contributed by atoms with Crippen LogP contribution in [0.3, 0.4) is 0 Å². The van der Waals surface area contributed by atoms with Crippen LogP contribution in [0.4, 0.5) is 0 Å². The highest BCUT2D eigenvalue weighted by Crippen LogP contribution is 2.33. The molecule has 90 valence electrons. The topological polar surface area (TPSA) is 29.9 Å². The zero-order chi connectivity index (χ0) is 11.5. The molecular weight excluding hydrogens is 198 g/mol. The maximum Gasteiger partial charge on any atom is 0.0641 e. The van der Waals surface area contributed by atoms with E-state index in [0.29, 0.717) is 6.04 Å². The van der Waals surface area contributed by atoms with Crippen molar-refractivity contribution in [3.8, 4) is 0 Å². The Labute approximate surface area is 98.2 Å². The van der Waals surface area contributed by atoms with Crippen molar-refractivity contribution in [2.75, 3.05) is 7.05 Å². The number of nitrogens with zero attached hydrogens (tertiary/aromatic N) is 2. The van der Waals surface area contributed by atoms with E-state index in [2.05, 4.69) is 30.6 Å². The fourth-order valence-corrected chi connectivity index (χ4v) is 2.94. The fourth-order valence-electron chi connectivity index (χ4n) is 2.94. The Morgan fingerprint density at radius 3 is 2.69 bits per heavy atom. The molecule has 0 spiro atoms. The maximum atomic E-state index is 4.43. The molecular formula is C13H23N3. The van der Waals surface area contributed by atoms with Gasteiger partial charge in [-0.1, -0.05) is 25.7 Å². The van der Waals surface area contributed by atoms with Crippen molar-refractivity contribution in [3.05, 3.63) is 17.5 Å². The third-order valence-electron chi connectivity index (χ3n) is 3.82. The van der Waals surface area contributed by atoms with Crippen LogP contribution in [0, 0.1) is 12.8 Å². The second-order valence-corrected chi connectivity index (χ2v) is 5.07. The fraction of sp³-hybridized carbons (Fsp3) is 0.769. The van der Waals surface area contributed by atoms with Crippen LogP contribution >= 0.6 is 0 Å². The van der Waals surface area contributed by atoms with E-state index in [0.717, 1.165) is 5.92 Å². The number of aryl methyl sites for hydroxylation is 2. The van der Waals surface area contributed by atoms with E-state index in [4.69, 9.17) is 0 Å². The molecule has 0 aliphatic heterocycles. The minimum Gasteiger partial charge on any atom is -0.313 e. The smallest absolute Gasteiger partial charge is 0.0641 e. The van der Waals surface area contributed by atoms with Crippen molar-refractivity contribution in [1.82, 2.24) is 15.1 Å². The van der Waals surface area contributed by atoms with Crippen LogP contribution < -0.4 is 5.32 Å². The lowest BCUT2D eigenvalue weighted by Crippen LogP contribution is -2.19. The average molecular weight is 221 g/mol. The van der Waals surface area contributed by atoms with E-state index < -0.39 is 0 Å². The van der Waals surface area contributed by atoms with Gasteiger partial charge in [-0.05, 0) is 26.3 Å². The van der Waals surface area contributed by atoms with Gasteiger partial charge in [-0.15, -0.1) is 0 Å². The second kappa shape index (κ2) is 5.00. The molecule has 3 heteroatoms. The number of rotatable bonds is 4. The standard InChI is InChI=1S/C13H23N3/c1-10-12(9-16(3)15-10)13(14-2)8-11-6-4-5-7-11/h9,11,13-14H,4-8H2,1-3H3. The van der Waals surface area contributed by atoms with Crippen molar-refractivity contribution in [3.63, 3.8) is 0 Å². The molecule has 0 amide bonds. The molecule has 1 N–H and O–H groups in total. The largest absolute Gasteiger partial charge is 0.313 e. The van der Waals surface area contributed by atoms with Crippen molar-refractivity contribution in [2.24, 2.45) is 13.0 Å². The summed E-state index contributed by atoms with van der Waals surface area (Å²) in [5.74, 6) is 0.914. The quantitative estimate of drug-likeness (QED) is 0.847. The predicted octanol–water partition coefficient (Wildman–Crippen LogP) is 2.57. The molecule has 1 aliphatic carbocycles. The summed E-state index contributed by atoms with van der Waals surface area (Å²) in [6.45, 7) is 2.11. The van der Waals surface area contributed by atoms with Crippen molar-refractivity contribution >= 4 is 0 Å². The molecule has 1 fully saturated rings. The number of hydrogen-bond donors (Lipinski definition) is 1. The molecule has 0 aromatic carbocycles. The van der Waals surface area contributed by atoms with Crippen molar-refractivity contribution < 1.29 is 0 Å². The summed E-state index contributed by atoms with van der Waals surface area (Å²) < 4.78 is 1.92. The summed E-state index contributed by atoms with van der Waals surface area (Å²) in [6, 6.07) is 0.483. The molecule has 16 heavy (non-hydrogen) atoms. The van der Waals surface area contributed by atoms with Gasteiger partial charge in [0.25, 0.3) is 0 Å². The summed E-state index contributed by atoms with van der Waals surface area (Å²) in [6.07, 6.45) is 9.10. The SMILES string of the molecule is CNC(CC1CCCC1)c1cn(C)nc1C. The Morgan fingerprint density at radius 2 is 2.19 bits per heavy atom. The molecule has 1 heterocycles. The van der Waals surface area contributed by atoms with Gasteiger partial charge in [0, 0.05) is 24.8 Å². The Morgan fingerprint density at radius 1 is 1.50 bits per heavy atom. The normalized spacial score (nSPS) is 19.2. The highest BCUT2D eigenvalue weighted by Gasteiger charge is 2.22. The second-order valence-electron chi connectivity index (χ2n) is 5.07. The molecule has 1 atom stereocenters. The van der Waals surface area contributed by atoms with E-state index in [-0.39, 0.29) is 0 Å². The van der Waals surface area contributed by atoms with Gasteiger partial charge < -0.3 is 5.32 Å². The molecule has 1 aromatic heterocycles. The van der Waals surface area contributed by atoms with Gasteiger partial charge in [0.2, 0.25) is 0 Å². The van der Waals surface area contributed by atoms with Gasteiger partial charge in [0.15, 0.2) is 0 Å². The summed E-state index contributed by atoms with van der Waals surface area (Å²) in [5, 5.41) is 7.88. The van der Waals surface area contributed by atoms with E-state index in [1.807, 2.05) is 11.7 Å². The Kier molecular flexibility index (Phi) is 3.64. The Balaban J connectivity index is 2.06. The van der Waals surface area contributed by atoms with Crippen LogP contribution in [0.2, 0.25) is 0 Å². The molecule has 2 rings (SSSR count). The predicted molar refractivity (Wildman–Crippen MR) is 66.3 cm³/mol. The lowest BCUT2D eigenvalue weighted by atomic mass is 9.94. The Hall–Kier alpha value is -0.830. The monoisotopic (exact) mass is 221 g/mol. The van der Waals surface area contributed by atoms with E-state index in [1.165, 1.54) is 43.4 Å². The van der Waals surface area contributed by atoms with E-state index in [9.17, 15) is 0 Å². The minimum absolute atomic E-state index is 0.483. The van der Waals surface area contributed by atoms with Crippen LogP contribution in [0.25, 0.3) is 0 Å². The zero-order valence-electron chi connectivity index (χ0n) is 10.7. The molecule has 0 bridgehead atoms. The molecule has 1 saturated carbocycles. The molecule has 0 radical (unpaired) electrons. The first-order valence-electron chi connectivity index (χ1n) is 6.38. The van der Waals surface area contributed by atoms with Gasteiger partial charge in [-0.3, -0.25) is 4.68 Å². The molecule has 1 aliphatic rings. The zero-order valence-corrected chi connectivity index (χ0v) is 10.7. The molecule has 0 saturated heterocycles. The van der Waals surface area contributed by atoms with Gasteiger partial charge in [-0.2, -0.15) is 5.10 Å². The number of hydrogen-bond acceptors (Lipinski definition) is 2. The van der Waals surface area contributed by atoms with Gasteiger partial charge in [-0.25, -0.2) is 0 Å². The first-order chi connectivity index (χ1) is 7.70. The minimum atomic E-state index is 0.483. The summed E-state index contributed by atoms with van der Waals surface area (Å²) in [7, 11) is 4.06. The highest BCUT2D eigenvalue weighted by molar-refractivity contribution is 5.20. The van der Waals surface area contributed by atoms with E-state index in [1.54, 1.807) is 0 Å². The average Bonchev–Trinajstić information content (AvgIpc) is 2.85. The maximum absolute atomic E-state index is 4.43. The highest BCUT2D eigenvalue weighted by atomic mass is 15.3. The van der Waals surface area contributed by atoms with Gasteiger partial charge in [0.1, 0.15) is 0 Å². The third kappa shape index (κ3) is 2.46. The van der Waals surface area contributed by atoms with E-state index >= 15 is 0 Å². The van der Waals surface area contributed by atoms with Gasteiger partial charge >= 0.3 is 0 Å². The first kappa shape index (κ1) is 11.6. The number of nitrogens with one attached hydrogen (secondary N) is 1. The molecule has 3 nitrogen and oxygen atoms in total. The van der Waals surface area contributed by atoms with Crippen LogP contribution in [0.5, 0.6) is 0 Å². The molecule has 1 unspecified atom stereocenters. The van der Waals surface area contributed by atoms with Gasteiger partial charge in [0.05, 0.1) is 5.69 Å². The summed E-state index contributed by atoms with van der Waals surface area (Å²) in [4.78, 5) is 0. The lowest BCUT2D eigenvalue weighted by Gasteiger charge is -2.19.